The second-order valence-electron chi connectivity index (χ2n) is 7.58. The van der Waals surface area contributed by atoms with Gasteiger partial charge in [0, 0.05) is 29.2 Å². The van der Waals surface area contributed by atoms with Crippen LogP contribution in [0.5, 0.6) is 11.5 Å². The second-order valence-corrected chi connectivity index (χ2v) is 7.58. The van der Waals surface area contributed by atoms with E-state index in [9.17, 15) is 14.3 Å². The van der Waals surface area contributed by atoms with Gasteiger partial charge in [-0.1, -0.05) is 18.2 Å². The number of anilines is 1. The molecule has 8 heteroatoms. The molecule has 4 rings (SSSR count). The first-order chi connectivity index (χ1) is 16.0. The van der Waals surface area contributed by atoms with Crippen LogP contribution < -0.4 is 10.1 Å². The van der Waals surface area contributed by atoms with E-state index in [2.05, 4.69) is 15.4 Å². The molecule has 0 aliphatic rings. The number of halogens is 1. The van der Waals surface area contributed by atoms with Crippen molar-refractivity contribution in [2.24, 2.45) is 0 Å². The Kier molecular flexibility index (Phi) is 6.64. The van der Waals surface area contributed by atoms with Crippen LogP contribution in [0.15, 0.2) is 72.9 Å². The van der Waals surface area contributed by atoms with Gasteiger partial charge >= 0.3 is 0 Å². The zero-order valence-corrected chi connectivity index (χ0v) is 18.0. The lowest BCUT2D eigenvalue weighted by Crippen LogP contribution is -2.15. The molecule has 0 saturated heterocycles. The van der Waals surface area contributed by atoms with Gasteiger partial charge in [0.15, 0.2) is 5.82 Å². The minimum Gasteiger partial charge on any atom is -0.508 e. The topological polar surface area (TPSA) is 89.3 Å². The molecule has 168 valence electrons. The first kappa shape index (κ1) is 22.0. The molecule has 0 atom stereocenters. The lowest BCUT2D eigenvalue weighted by Gasteiger charge is -2.13. The van der Waals surface area contributed by atoms with Crippen LogP contribution in [-0.2, 0) is 24.4 Å². The number of aromatic hydroxyl groups is 1. The minimum absolute atomic E-state index is 0.104. The summed E-state index contributed by atoms with van der Waals surface area (Å²) in [5, 5.41) is 17.2. The Morgan fingerprint density at radius 2 is 1.94 bits per heavy atom. The summed E-state index contributed by atoms with van der Waals surface area (Å²) in [6.07, 6.45) is 1.80. The van der Waals surface area contributed by atoms with Crippen molar-refractivity contribution in [3.8, 4) is 11.5 Å². The number of carbonyl (C=O) groups is 1. The number of hydrogen-bond acceptors (Lipinski definition) is 5. The average molecular weight is 446 g/mol. The molecule has 0 bridgehead atoms. The van der Waals surface area contributed by atoms with E-state index in [1.807, 2.05) is 13.0 Å². The number of aromatic nitrogens is 3. The number of carbonyl (C=O) groups excluding carboxylic acids is 1. The average Bonchev–Trinajstić information content (AvgIpc) is 3.13. The summed E-state index contributed by atoms with van der Waals surface area (Å²) in [4.78, 5) is 16.5. The van der Waals surface area contributed by atoms with Crippen molar-refractivity contribution >= 4 is 11.7 Å². The number of benzene rings is 2. The summed E-state index contributed by atoms with van der Waals surface area (Å²) < 4.78 is 20.8. The number of pyridine rings is 1. The Balaban J connectivity index is 1.45. The normalized spacial score (nSPS) is 10.7. The molecule has 4 aromatic rings. The van der Waals surface area contributed by atoms with Gasteiger partial charge in [-0.15, -0.1) is 0 Å². The van der Waals surface area contributed by atoms with Crippen molar-refractivity contribution in [1.29, 1.82) is 0 Å². The summed E-state index contributed by atoms with van der Waals surface area (Å²) >= 11 is 0. The van der Waals surface area contributed by atoms with Crippen molar-refractivity contribution in [3.63, 3.8) is 0 Å². The molecule has 0 spiro atoms. The molecule has 0 saturated carbocycles. The van der Waals surface area contributed by atoms with Gasteiger partial charge in [0.05, 0.1) is 13.0 Å². The van der Waals surface area contributed by atoms with E-state index in [4.69, 9.17) is 4.74 Å². The maximum Gasteiger partial charge on any atom is 0.231 e. The number of ether oxygens (including phenoxy) is 1. The summed E-state index contributed by atoms with van der Waals surface area (Å²) in [6.45, 7) is 2.46. The van der Waals surface area contributed by atoms with Gasteiger partial charge in [0.25, 0.3) is 0 Å². The highest BCUT2D eigenvalue weighted by Crippen LogP contribution is 2.26. The van der Waals surface area contributed by atoms with Crippen LogP contribution in [0.1, 0.15) is 22.5 Å². The summed E-state index contributed by atoms with van der Waals surface area (Å²) in [5.41, 5.74) is 3.04. The molecule has 2 N–H and O–H groups in total. The van der Waals surface area contributed by atoms with Gasteiger partial charge in [0.2, 0.25) is 5.91 Å². The van der Waals surface area contributed by atoms with Crippen LogP contribution in [0.25, 0.3) is 0 Å². The highest BCUT2D eigenvalue weighted by Gasteiger charge is 2.13. The predicted octanol–water partition coefficient (Wildman–Crippen LogP) is 4.24. The van der Waals surface area contributed by atoms with E-state index in [1.54, 1.807) is 59.4 Å². The van der Waals surface area contributed by atoms with Crippen molar-refractivity contribution < 1.29 is 19.0 Å². The quantitative estimate of drug-likeness (QED) is 0.423. The Morgan fingerprint density at radius 1 is 1.12 bits per heavy atom. The molecular weight excluding hydrogens is 423 g/mol. The van der Waals surface area contributed by atoms with Crippen molar-refractivity contribution in [2.75, 3.05) is 5.32 Å². The predicted molar refractivity (Wildman–Crippen MR) is 121 cm³/mol. The third-order valence-electron chi connectivity index (χ3n) is 4.99. The Bertz CT molecular complexity index is 1240. The number of nitrogens with zero attached hydrogens (tertiary/aromatic N) is 3. The number of phenolic OH excluding ortho intramolecular Hbond substituents is 1. The van der Waals surface area contributed by atoms with Crippen LogP contribution in [0.2, 0.25) is 0 Å². The highest BCUT2D eigenvalue weighted by atomic mass is 19.1. The first-order valence-corrected chi connectivity index (χ1v) is 10.4. The highest BCUT2D eigenvalue weighted by molar-refractivity contribution is 5.91. The third kappa shape index (κ3) is 5.94. The summed E-state index contributed by atoms with van der Waals surface area (Å²) in [5.74, 6) is 0.600. The number of amides is 1. The second kappa shape index (κ2) is 9.95. The monoisotopic (exact) mass is 446 g/mol. The van der Waals surface area contributed by atoms with Gasteiger partial charge in [-0.3, -0.25) is 14.5 Å². The fourth-order valence-electron chi connectivity index (χ4n) is 3.32. The number of aryl methyl sites for hydroxylation is 1. The van der Waals surface area contributed by atoms with Gasteiger partial charge in [-0.25, -0.2) is 4.39 Å². The first-order valence-electron chi connectivity index (χ1n) is 10.4. The standard InChI is InChI=1S/C25H23FN4O3/c1-17-12-24(28-25(32)14-21-4-2-3-11-27-21)29-30(17)15-19-13-22(31)9-10-23(19)33-16-18-5-7-20(26)8-6-18/h2-13,31H,14-16H2,1H3,(H,28,29,32). The molecule has 2 aromatic heterocycles. The molecule has 0 aliphatic carbocycles. The van der Waals surface area contributed by atoms with Crippen molar-refractivity contribution in [1.82, 2.24) is 14.8 Å². The minimum atomic E-state index is -0.304. The van der Waals surface area contributed by atoms with E-state index < -0.39 is 0 Å². The molecule has 33 heavy (non-hydrogen) atoms. The molecule has 0 aliphatic heterocycles. The Morgan fingerprint density at radius 3 is 2.70 bits per heavy atom. The van der Waals surface area contributed by atoms with Crippen LogP contribution in [0.4, 0.5) is 10.2 Å². The molecule has 0 unspecified atom stereocenters. The maximum absolute atomic E-state index is 13.1. The lowest BCUT2D eigenvalue weighted by atomic mass is 10.2. The van der Waals surface area contributed by atoms with Crippen LogP contribution >= 0.6 is 0 Å². The number of hydrogen-bond donors (Lipinski definition) is 2. The molecule has 0 fully saturated rings. The van der Waals surface area contributed by atoms with E-state index in [1.165, 1.54) is 12.1 Å². The van der Waals surface area contributed by atoms with Gasteiger partial charge in [-0.2, -0.15) is 5.10 Å². The van der Waals surface area contributed by atoms with Gasteiger partial charge in [0.1, 0.15) is 23.9 Å². The molecule has 2 heterocycles. The molecular formula is C25H23FN4O3. The van der Waals surface area contributed by atoms with Gasteiger partial charge in [-0.05, 0) is 55.0 Å². The van der Waals surface area contributed by atoms with E-state index in [0.717, 1.165) is 16.8 Å². The summed E-state index contributed by atoms with van der Waals surface area (Å²) in [7, 11) is 0. The molecule has 2 aromatic carbocycles. The number of phenols is 1. The van der Waals surface area contributed by atoms with E-state index in [-0.39, 0.29) is 30.5 Å². The Hall–Kier alpha value is -4.20. The van der Waals surface area contributed by atoms with Crippen molar-refractivity contribution in [3.05, 3.63) is 101 Å². The summed E-state index contributed by atoms with van der Waals surface area (Å²) in [6, 6.07) is 18.1. The zero-order valence-electron chi connectivity index (χ0n) is 18.0. The third-order valence-corrected chi connectivity index (χ3v) is 4.99. The fraction of sp³-hybridized carbons (Fsp3) is 0.160. The zero-order chi connectivity index (χ0) is 23.2. The van der Waals surface area contributed by atoms with Gasteiger partial charge < -0.3 is 15.2 Å². The van der Waals surface area contributed by atoms with E-state index in [0.29, 0.717) is 23.8 Å². The smallest absolute Gasteiger partial charge is 0.231 e. The largest absolute Gasteiger partial charge is 0.508 e. The number of rotatable bonds is 8. The number of nitrogens with one attached hydrogen (secondary N) is 1. The molecule has 0 radical (unpaired) electrons. The Labute approximate surface area is 190 Å². The van der Waals surface area contributed by atoms with E-state index >= 15 is 0 Å². The van der Waals surface area contributed by atoms with Crippen molar-refractivity contribution in [2.45, 2.75) is 26.5 Å². The maximum atomic E-state index is 13.1. The molecule has 7 nitrogen and oxygen atoms in total. The SMILES string of the molecule is Cc1cc(NC(=O)Cc2ccccn2)nn1Cc1cc(O)ccc1OCc1ccc(F)cc1. The molecule has 1 amide bonds. The van der Waals surface area contributed by atoms with Crippen LogP contribution in [0.3, 0.4) is 0 Å². The lowest BCUT2D eigenvalue weighted by molar-refractivity contribution is -0.115. The fourth-order valence-corrected chi connectivity index (χ4v) is 3.32. The van der Waals surface area contributed by atoms with Crippen LogP contribution in [-0.4, -0.2) is 25.8 Å². The van der Waals surface area contributed by atoms with Crippen LogP contribution in [0, 0.1) is 12.7 Å².